The van der Waals surface area contributed by atoms with E-state index >= 15 is 0 Å². The Balaban J connectivity index is 2.35. The third-order valence-electron chi connectivity index (χ3n) is 2.19. The molecule has 1 aromatic heterocycles. The van der Waals surface area contributed by atoms with Crippen molar-refractivity contribution in [3.8, 4) is 5.75 Å². The Hall–Kier alpha value is -1.16. The number of benzene rings is 1. The standard InChI is InChI=1S/C10H9BrClN3O4S/c1-5-14-9(19-15-5)4-18-10-7(12)2-6(11)3-8(10)20(13,16)17/h2-3H,4H2,1H3,(H2,13,16,17). The van der Waals surface area contributed by atoms with Gasteiger partial charge in [-0.15, -0.1) is 0 Å². The highest BCUT2D eigenvalue weighted by Crippen LogP contribution is 2.35. The van der Waals surface area contributed by atoms with Crippen molar-refractivity contribution in [3.05, 3.63) is 33.3 Å². The van der Waals surface area contributed by atoms with E-state index in [-0.39, 0.29) is 28.2 Å². The van der Waals surface area contributed by atoms with Crippen molar-refractivity contribution in [2.45, 2.75) is 18.4 Å². The van der Waals surface area contributed by atoms with Crippen LogP contribution in [0.1, 0.15) is 11.7 Å². The lowest BCUT2D eigenvalue weighted by Crippen LogP contribution is -2.14. The van der Waals surface area contributed by atoms with Gasteiger partial charge >= 0.3 is 0 Å². The first-order valence-corrected chi connectivity index (χ1v) is 7.93. The van der Waals surface area contributed by atoms with E-state index in [0.29, 0.717) is 10.3 Å². The van der Waals surface area contributed by atoms with Crippen molar-refractivity contribution in [1.29, 1.82) is 0 Å². The van der Waals surface area contributed by atoms with Crippen LogP contribution < -0.4 is 9.88 Å². The van der Waals surface area contributed by atoms with E-state index in [2.05, 4.69) is 26.1 Å². The lowest BCUT2D eigenvalue weighted by atomic mass is 10.3. The highest BCUT2D eigenvalue weighted by Gasteiger charge is 2.20. The fourth-order valence-electron chi connectivity index (χ4n) is 1.42. The number of hydrogen-bond acceptors (Lipinski definition) is 6. The first-order chi connectivity index (χ1) is 9.27. The number of aromatic nitrogens is 2. The molecule has 20 heavy (non-hydrogen) atoms. The second kappa shape index (κ2) is 5.68. The molecule has 10 heteroatoms. The Morgan fingerprint density at radius 1 is 1.50 bits per heavy atom. The van der Waals surface area contributed by atoms with Gasteiger partial charge in [0.2, 0.25) is 10.0 Å². The van der Waals surface area contributed by atoms with Gasteiger partial charge in [-0.25, -0.2) is 13.6 Å². The number of nitrogens with two attached hydrogens (primary N) is 1. The topological polar surface area (TPSA) is 108 Å². The van der Waals surface area contributed by atoms with Gasteiger partial charge in [0.25, 0.3) is 5.89 Å². The average molecular weight is 383 g/mol. The molecular formula is C10H9BrClN3O4S. The molecule has 0 amide bonds. The molecular weight excluding hydrogens is 374 g/mol. The normalized spacial score (nSPS) is 11.6. The molecule has 0 bridgehead atoms. The van der Waals surface area contributed by atoms with E-state index in [1.165, 1.54) is 12.1 Å². The second-order valence-electron chi connectivity index (χ2n) is 3.78. The molecule has 0 radical (unpaired) electrons. The van der Waals surface area contributed by atoms with Gasteiger partial charge < -0.3 is 9.26 Å². The molecule has 0 saturated carbocycles. The Kier molecular flexibility index (Phi) is 4.33. The molecule has 0 aliphatic heterocycles. The zero-order chi connectivity index (χ0) is 14.9. The first-order valence-electron chi connectivity index (χ1n) is 5.21. The largest absolute Gasteiger partial charge is 0.481 e. The van der Waals surface area contributed by atoms with Crippen molar-refractivity contribution in [3.63, 3.8) is 0 Å². The lowest BCUT2D eigenvalue weighted by molar-refractivity contribution is 0.238. The van der Waals surface area contributed by atoms with Crippen LogP contribution in [-0.2, 0) is 16.6 Å². The van der Waals surface area contributed by atoms with Crippen LogP contribution in [-0.4, -0.2) is 18.6 Å². The highest BCUT2D eigenvalue weighted by molar-refractivity contribution is 9.10. The van der Waals surface area contributed by atoms with Crippen molar-refractivity contribution in [1.82, 2.24) is 10.1 Å². The summed E-state index contributed by atoms with van der Waals surface area (Å²) in [7, 11) is -3.98. The Morgan fingerprint density at radius 3 is 2.75 bits per heavy atom. The van der Waals surface area contributed by atoms with Gasteiger partial charge in [-0.3, -0.25) is 0 Å². The van der Waals surface area contributed by atoms with Crippen LogP contribution in [0.15, 0.2) is 26.0 Å². The van der Waals surface area contributed by atoms with Crippen LogP contribution in [0.25, 0.3) is 0 Å². The van der Waals surface area contributed by atoms with E-state index in [1.807, 2.05) is 0 Å². The molecule has 2 N–H and O–H groups in total. The number of rotatable bonds is 4. The number of halogens is 2. The minimum Gasteiger partial charge on any atom is -0.481 e. The van der Waals surface area contributed by atoms with Gasteiger partial charge in [-0.2, -0.15) is 4.98 Å². The highest BCUT2D eigenvalue weighted by atomic mass is 79.9. The van der Waals surface area contributed by atoms with Crippen LogP contribution >= 0.6 is 27.5 Å². The monoisotopic (exact) mass is 381 g/mol. The minimum atomic E-state index is -3.98. The van der Waals surface area contributed by atoms with Crippen LogP contribution in [0.4, 0.5) is 0 Å². The Labute approximate surface area is 128 Å². The molecule has 2 rings (SSSR count). The predicted octanol–water partition coefficient (Wildman–Crippen LogP) is 2.02. The van der Waals surface area contributed by atoms with Crippen molar-refractivity contribution >= 4 is 37.6 Å². The van der Waals surface area contributed by atoms with Crippen LogP contribution in [0.2, 0.25) is 5.02 Å². The van der Waals surface area contributed by atoms with Crippen LogP contribution in [0, 0.1) is 6.92 Å². The SMILES string of the molecule is Cc1noc(COc2c(Cl)cc(Br)cc2S(N)(=O)=O)n1. The van der Waals surface area contributed by atoms with Crippen LogP contribution in [0.5, 0.6) is 5.75 Å². The second-order valence-corrected chi connectivity index (χ2v) is 6.64. The fourth-order valence-corrected chi connectivity index (χ4v) is 3.21. The summed E-state index contributed by atoms with van der Waals surface area (Å²) in [6.45, 7) is 1.53. The molecule has 0 fully saturated rings. The van der Waals surface area contributed by atoms with Gasteiger partial charge in [-0.05, 0) is 19.1 Å². The maximum Gasteiger partial charge on any atom is 0.264 e. The Morgan fingerprint density at radius 2 is 2.20 bits per heavy atom. The zero-order valence-electron chi connectivity index (χ0n) is 10.1. The minimum absolute atomic E-state index is 0.0618. The number of nitrogens with zero attached hydrogens (tertiary/aromatic N) is 2. The summed E-state index contributed by atoms with van der Waals surface area (Å²) in [5, 5.41) is 8.81. The molecule has 1 aromatic carbocycles. The molecule has 7 nitrogen and oxygen atoms in total. The molecule has 1 heterocycles. The maximum atomic E-state index is 11.5. The maximum absolute atomic E-state index is 11.5. The van der Waals surface area contributed by atoms with Gasteiger partial charge in [0.05, 0.1) is 5.02 Å². The van der Waals surface area contributed by atoms with E-state index < -0.39 is 10.0 Å². The smallest absolute Gasteiger partial charge is 0.264 e. The zero-order valence-corrected chi connectivity index (χ0v) is 13.3. The number of sulfonamides is 1. The molecule has 0 atom stereocenters. The first kappa shape index (κ1) is 15.2. The van der Waals surface area contributed by atoms with Crippen molar-refractivity contribution in [2.75, 3.05) is 0 Å². The average Bonchev–Trinajstić information content (AvgIpc) is 2.72. The van der Waals surface area contributed by atoms with Gasteiger partial charge in [-0.1, -0.05) is 32.7 Å². The summed E-state index contributed by atoms with van der Waals surface area (Å²) in [6.07, 6.45) is 0. The van der Waals surface area contributed by atoms with Gasteiger partial charge in [0, 0.05) is 4.47 Å². The molecule has 0 spiro atoms. The quantitative estimate of drug-likeness (QED) is 0.866. The van der Waals surface area contributed by atoms with Crippen molar-refractivity contribution in [2.24, 2.45) is 5.14 Å². The third kappa shape index (κ3) is 3.48. The fraction of sp³-hybridized carbons (Fsp3) is 0.200. The summed E-state index contributed by atoms with van der Waals surface area (Å²) in [5.74, 6) is 0.576. The molecule has 0 aliphatic rings. The van der Waals surface area contributed by atoms with Crippen LogP contribution in [0.3, 0.4) is 0 Å². The Bertz CT molecular complexity index is 747. The summed E-state index contributed by atoms with van der Waals surface area (Å²) < 4.78 is 33.7. The van der Waals surface area contributed by atoms with Crippen molar-refractivity contribution < 1.29 is 17.7 Å². The summed E-state index contributed by atoms with van der Waals surface area (Å²) in [6, 6.07) is 2.79. The molecule has 0 aliphatic carbocycles. The molecule has 108 valence electrons. The number of aryl methyl sites for hydroxylation is 1. The van der Waals surface area contributed by atoms with E-state index in [1.54, 1.807) is 6.92 Å². The predicted molar refractivity (Wildman–Crippen MR) is 73.9 cm³/mol. The number of hydrogen-bond donors (Lipinski definition) is 1. The molecule has 0 saturated heterocycles. The van der Waals surface area contributed by atoms with E-state index in [0.717, 1.165) is 0 Å². The molecule has 2 aromatic rings. The molecule has 0 unspecified atom stereocenters. The van der Waals surface area contributed by atoms with Gasteiger partial charge in [0.1, 0.15) is 4.90 Å². The lowest BCUT2D eigenvalue weighted by Gasteiger charge is -2.11. The van der Waals surface area contributed by atoms with E-state index in [9.17, 15) is 8.42 Å². The van der Waals surface area contributed by atoms with E-state index in [4.69, 9.17) is 26.0 Å². The van der Waals surface area contributed by atoms with Gasteiger partial charge in [0.15, 0.2) is 18.2 Å². The summed E-state index contributed by atoms with van der Waals surface area (Å²) in [5.41, 5.74) is 0. The summed E-state index contributed by atoms with van der Waals surface area (Å²) >= 11 is 9.11. The number of ether oxygens (including phenoxy) is 1. The number of primary sulfonamides is 1. The third-order valence-corrected chi connectivity index (χ3v) is 3.85. The summed E-state index contributed by atoms with van der Waals surface area (Å²) in [4.78, 5) is 3.70.